The molecule has 8 heteroatoms. The first kappa shape index (κ1) is 20.4. The molecule has 1 aliphatic rings. The molecule has 0 spiro atoms. The first-order chi connectivity index (χ1) is 13.0. The number of methoxy groups -OCH3 is 1. The number of thiophene rings is 1. The number of amides is 1. The maximum Gasteiger partial charge on any atom is 0.233 e. The van der Waals surface area contributed by atoms with Crippen LogP contribution in [0.2, 0.25) is 0 Å². The van der Waals surface area contributed by atoms with E-state index in [0.717, 1.165) is 16.9 Å². The third kappa shape index (κ3) is 4.73. The lowest BCUT2D eigenvalue weighted by molar-refractivity contribution is -0.120. The van der Waals surface area contributed by atoms with Gasteiger partial charge in [-0.1, -0.05) is 25.1 Å². The number of hydrogen-bond donors (Lipinski definition) is 1. The monoisotopic (exact) mass is 408 g/mol. The van der Waals surface area contributed by atoms with Gasteiger partial charge in [0.2, 0.25) is 5.91 Å². The van der Waals surface area contributed by atoms with E-state index in [-0.39, 0.29) is 11.2 Å². The highest BCUT2D eigenvalue weighted by Gasteiger charge is 2.23. The second-order valence-electron chi connectivity index (χ2n) is 6.99. The van der Waals surface area contributed by atoms with Crippen molar-refractivity contribution in [2.75, 3.05) is 20.3 Å². The summed E-state index contributed by atoms with van der Waals surface area (Å²) in [6, 6.07) is 2.29. The number of ether oxygens (including phenoxy) is 1. The Labute approximate surface area is 169 Å². The minimum Gasteiger partial charge on any atom is -0.383 e. The molecule has 148 valence electrons. The predicted molar refractivity (Wildman–Crippen MR) is 110 cm³/mol. The maximum absolute atomic E-state index is 12.2. The van der Waals surface area contributed by atoms with Crippen molar-refractivity contribution >= 4 is 29.0 Å². The molecule has 27 heavy (non-hydrogen) atoms. The van der Waals surface area contributed by atoms with Crippen molar-refractivity contribution < 1.29 is 9.53 Å². The van der Waals surface area contributed by atoms with Crippen LogP contribution in [0.3, 0.4) is 0 Å². The highest BCUT2D eigenvalue weighted by Crippen LogP contribution is 2.38. The minimum absolute atomic E-state index is 0.0150. The summed E-state index contributed by atoms with van der Waals surface area (Å²) in [5.74, 6) is 1.68. The number of carbonyl (C=O) groups excluding carboxylic acids is 1. The standard InChI is InChI=1S/C19H28N4O2S2/c1-5-13-6-7-15-14(10-13)11-16(27-15)17-21-22-19(23(17)3)26-12(2)18(24)20-8-9-25-4/h11-13H,5-10H2,1-4H3,(H,20,24)/t12-,13-/m0/s1. The molecule has 2 heterocycles. The highest BCUT2D eigenvalue weighted by atomic mass is 32.2. The summed E-state index contributed by atoms with van der Waals surface area (Å²) in [7, 11) is 3.59. The number of thioether (sulfide) groups is 1. The molecular weight excluding hydrogens is 380 g/mol. The van der Waals surface area contributed by atoms with Crippen LogP contribution < -0.4 is 5.32 Å². The fourth-order valence-corrected chi connectivity index (χ4v) is 5.39. The molecule has 0 fully saturated rings. The molecule has 1 N–H and O–H groups in total. The van der Waals surface area contributed by atoms with Gasteiger partial charge in [0.25, 0.3) is 0 Å². The van der Waals surface area contributed by atoms with Crippen LogP contribution in [0.1, 0.15) is 37.1 Å². The molecular formula is C19H28N4O2S2. The van der Waals surface area contributed by atoms with Crippen LogP contribution in [0.5, 0.6) is 0 Å². The summed E-state index contributed by atoms with van der Waals surface area (Å²) in [6.07, 6.45) is 4.90. The Balaban J connectivity index is 1.69. The molecule has 1 aliphatic carbocycles. The number of rotatable bonds is 8. The summed E-state index contributed by atoms with van der Waals surface area (Å²) in [6.45, 7) is 5.20. The van der Waals surface area contributed by atoms with Crippen molar-refractivity contribution in [2.24, 2.45) is 13.0 Å². The van der Waals surface area contributed by atoms with Crippen LogP contribution in [0.4, 0.5) is 0 Å². The van der Waals surface area contributed by atoms with E-state index in [2.05, 4.69) is 28.5 Å². The zero-order valence-corrected chi connectivity index (χ0v) is 18.1. The zero-order chi connectivity index (χ0) is 19.4. The largest absolute Gasteiger partial charge is 0.383 e. The molecule has 0 saturated heterocycles. The fourth-order valence-electron chi connectivity index (χ4n) is 3.32. The van der Waals surface area contributed by atoms with Crippen molar-refractivity contribution in [1.29, 1.82) is 0 Å². The Morgan fingerprint density at radius 3 is 3.07 bits per heavy atom. The van der Waals surface area contributed by atoms with Gasteiger partial charge in [0, 0.05) is 25.6 Å². The van der Waals surface area contributed by atoms with Crippen molar-refractivity contribution in [1.82, 2.24) is 20.1 Å². The Morgan fingerprint density at radius 2 is 2.33 bits per heavy atom. The van der Waals surface area contributed by atoms with E-state index in [0.29, 0.717) is 13.2 Å². The molecule has 0 saturated carbocycles. The molecule has 0 aromatic carbocycles. The average molecular weight is 409 g/mol. The van der Waals surface area contributed by atoms with Crippen molar-refractivity contribution in [2.45, 2.75) is 49.9 Å². The van der Waals surface area contributed by atoms with Crippen LogP contribution in [0.25, 0.3) is 10.7 Å². The van der Waals surface area contributed by atoms with Crippen LogP contribution >= 0.6 is 23.1 Å². The van der Waals surface area contributed by atoms with Crippen molar-refractivity contribution in [3.05, 3.63) is 16.5 Å². The van der Waals surface area contributed by atoms with Gasteiger partial charge < -0.3 is 14.6 Å². The summed E-state index contributed by atoms with van der Waals surface area (Å²) >= 11 is 3.27. The van der Waals surface area contributed by atoms with Gasteiger partial charge >= 0.3 is 0 Å². The molecule has 2 atom stereocenters. The number of aryl methyl sites for hydroxylation is 1. The Morgan fingerprint density at radius 1 is 1.52 bits per heavy atom. The van der Waals surface area contributed by atoms with E-state index < -0.39 is 0 Å². The summed E-state index contributed by atoms with van der Waals surface area (Å²) < 4.78 is 6.96. The van der Waals surface area contributed by atoms with Gasteiger partial charge in [0.15, 0.2) is 11.0 Å². The Bertz CT molecular complexity index is 787. The van der Waals surface area contributed by atoms with Gasteiger partial charge in [-0.05, 0) is 43.7 Å². The molecule has 0 bridgehead atoms. The van der Waals surface area contributed by atoms with Crippen molar-refractivity contribution in [3.63, 3.8) is 0 Å². The van der Waals surface area contributed by atoms with Crippen LogP contribution in [0.15, 0.2) is 11.2 Å². The Hall–Kier alpha value is -1.38. The molecule has 0 aliphatic heterocycles. The molecule has 2 aromatic heterocycles. The van der Waals surface area contributed by atoms with Gasteiger partial charge in [-0.15, -0.1) is 21.5 Å². The van der Waals surface area contributed by atoms with E-state index in [9.17, 15) is 4.79 Å². The quantitative estimate of drug-likeness (QED) is 0.536. The minimum atomic E-state index is -0.237. The number of aromatic nitrogens is 3. The summed E-state index contributed by atoms with van der Waals surface area (Å²) in [4.78, 5) is 14.8. The molecule has 1 amide bonds. The normalized spacial score (nSPS) is 17.6. The lowest BCUT2D eigenvalue weighted by atomic mass is 9.87. The lowest BCUT2D eigenvalue weighted by Crippen LogP contribution is -2.33. The maximum atomic E-state index is 12.2. The van der Waals surface area contributed by atoms with E-state index in [4.69, 9.17) is 4.74 Å². The average Bonchev–Trinajstić information content (AvgIpc) is 3.24. The van der Waals surface area contributed by atoms with Gasteiger partial charge in [-0.25, -0.2) is 0 Å². The van der Waals surface area contributed by atoms with Crippen LogP contribution in [0, 0.1) is 5.92 Å². The first-order valence-electron chi connectivity index (χ1n) is 9.48. The van der Waals surface area contributed by atoms with E-state index >= 15 is 0 Å². The first-order valence-corrected chi connectivity index (χ1v) is 11.2. The SMILES string of the molecule is CC[C@H]1CCc2sc(-c3nnc(S[C@@H](C)C(=O)NCCOC)n3C)cc2C1. The van der Waals surface area contributed by atoms with Crippen LogP contribution in [-0.2, 0) is 29.4 Å². The van der Waals surface area contributed by atoms with Gasteiger partial charge in [0.05, 0.1) is 16.7 Å². The van der Waals surface area contributed by atoms with E-state index in [1.807, 2.05) is 29.9 Å². The number of nitrogens with one attached hydrogen (secondary N) is 1. The van der Waals surface area contributed by atoms with E-state index in [1.165, 1.54) is 52.8 Å². The highest BCUT2D eigenvalue weighted by molar-refractivity contribution is 8.00. The Kier molecular flexibility index (Phi) is 6.94. The van der Waals surface area contributed by atoms with Gasteiger partial charge in [0.1, 0.15) is 0 Å². The smallest absolute Gasteiger partial charge is 0.233 e. The number of nitrogens with zero attached hydrogens (tertiary/aromatic N) is 3. The molecule has 2 aromatic rings. The molecule has 6 nitrogen and oxygen atoms in total. The number of fused-ring (bicyclic) bond motifs is 1. The molecule has 3 rings (SSSR count). The predicted octanol–water partition coefficient (Wildman–Crippen LogP) is 3.30. The van der Waals surface area contributed by atoms with Gasteiger partial charge in [-0.3, -0.25) is 4.79 Å². The molecule has 0 unspecified atom stereocenters. The van der Waals surface area contributed by atoms with Crippen molar-refractivity contribution in [3.8, 4) is 10.7 Å². The summed E-state index contributed by atoms with van der Waals surface area (Å²) in [5, 5.41) is 12.1. The topological polar surface area (TPSA) is 69.0 Å². The second kappa shape index (κ2) is 9.21. The fraction of sp³-hybridized carbons (Fsp3) is 0.632. The third-order valence-corrected chi connectivity index (χ3v) is 7.44. The number of carbonyl (C=O) groups is 1. The lowest BCUT2D eigenvalue weighted by Gasteiger charge is -2.19. The zero-order valence-electron chi connectivity index (χ0n) is 16.4. The summed E-state index contributed by atoms with van der Waals surface area (Å²) in [5.41, 5.74) is 1.48. The molecule has 0 radical (unpaired) electrons. The second-order valence-corrected chi connectivity index (χ2v) is 9.43. The van der Waals surface area contributed by atoms with Crippen LogP contribution in [-0.4, -0.2) is 46.2 Å². The number of hydrogen-bond acceptors (Lipinski definition) is 6. The third-order valence-electron chi connectivity index (χ3n) is 5.07. The van der Waals surface area contributed by atoms with E-state index in [1.54, 1.807) is 7.11 Å². The van der Waals surface area contributed by atoms with Gasteiger partial charge in [-0.2, -0.15) is 0 Å².